The number of esters is 1. The van der Waals surface area contributed by atoms with Gasteiger partial charge in [-0.25, -0.2) is 4.79 Å². The first kappa shape index (κ1) is 18.2. The van der Waals surface area contributed by atoms with E-state index in [0.717, 1.165) is 21.4 Å². The van der Waals surface area contributed by atoms with Crippen molar-refractivity contribution in [2.45, 2.75) is 39.3 Å². The first-order valence-electron chi connectivity index (χ1n) is 7.85. The molecule has 2 aromatic rings. The summed E-state index contributed by atoms with van der Waals surface area (Å²) in [6, 6.07) is 8.92. The summed E-state index contributed by atoms with van der Waals surface area (Å²) in [5.74, 6) is -0.311. The zero-order valence-corrected chi connectivity index (χ0v) is 16.8. The van der Waals surface area contributed by atoms with Gasteiger partial charge in [0.25, 0.3) is 0 Å². The molecule has 1 aromatic heterocycles. The molecule has 0 N–H and O–H groups in total. The van der Waals surface area contributed by atoms with E-state index in [2.05, 4.69) is 35.6 Å². The van der Waals surface area contributed by atoms with E-state index in [4.69, 9.17) is 9.47 Å². The fourth-order valence-corrected chi connectivity index (χ4v) is 3.42. The summed E-state index contributed by atoms with van der Waals surface area (Å²) >= 11 is 3.47. The maximum absolute atomic E-state index is 12.2. The summed E-state index contributed by atoms with van der Waals surface area (Å²) < 4.78 is 13.9. The zero-order valence-electron chi connectivity index (χ0n) is 14.2. The minimum atomic E-state index is -1.12. The highest BCUT2D eigenvalue weighted by molar-refractivity contribution is 9.10. The molecule has 0 saturated heterocycles. The molecule has 0 fully saturated rings. The number of carbonyl (C=O) groups excluding carboxylic acids is 1. The molecule has 2 rings (SSSR count). The van der Waals surface area contributed by atoms with E-state index < -0.39 is 8.07 Å². The molecule has 0 spiro atoms. The van der Waals surface area contributed by atoms with Crippen LogP contribution in [-0.2, 0) is 16.2 Å². The lowest BCUT2D eigenvalue weighted by molar-refractivity contribution is 0.0478. The van der Waals surface area contributed by atoms with E-state index in [-0.39, 0.29) is 5.97 Å². The van der Waals surface area contributed by atoms with Gasteiger partial charge in [-0.05, 0) is 37.2 Å². The maximum Gasteiger partial charge on any atom is 0.355 e. The van der Waals surface area contributed by atoms with Gasteiger partial charge in [0, 0.05) is 24.5 Å². The quantitative estimate of drug-likeness (QED) is 0.379. The van der Waals surface area contributed by atoms with Crippen LogP contribution in [0.4, 0.5) is 0 Å². The number of hydrogen-bond donors (Lipinski definition) is 0. The molecule has 0 aliphatic rings. The molecular weight excluding hydrogens is 374 g/mol. The van der Waals surface area contributed by atoms with Gasteiger partial charge in [-0.3, -0.25) is 0 Å². The second-order valence-electron chi connectivity index (χ2n) is 6.73. The van der Waals surface area contributed by atoms with Gasteiger partial charge >= 0.3 is 5.97 Å². The lowest BCUT2D eigenvalue weighted by Crippen LogP contribution is -2.22. The van der Waals surface area contributed by atoms with Crippen LogP contribution in [0.3, 0.4) is 0 Å². The van der Waals surface area contributed by atoms with Gasteiger partial charge in [0.1, 0.15) is 12.4 Å². The van der Waals surface area contributed by atoms with E-state index in [0.29, 0.717) is 25.6 Å². The normalized spacial score (nSPS) is 11.9. The fraction of sp³-hybridized carbons (Fsp3) is 0.471. The standard InChI is InChI=1S/C17H24BrNO3Si/c1-5-22-17(20)16-11-13-10-14(18)6-7-15(13)19(16)12-21-8-9-23(2,3)4/h6-7,10-11H,5,8-9,12H2,1-4H3. The van der Waals surface area contributed by atoms with Crippen molar-refractivity contribution in [3.63, 3.8) is 0 Å². The van der Waals surface area contributed by atoms with Crippen LogP contribution in [0.25, 0.3) is 10.9 Å². The van der Waals surface area contributed by atoms with Crippen molar-refractivity contribution < 1.29 is 14.3 Å². The van der Waals surface area contributed by atoms with Gasteiger partial charge in [-0.15, -0.1) is 0 Å². The van der Waals surface area contributed by atoms with E-state index in [1.54, 1.807) is 0 Å². The van der Waals surface area contributed by atoms with Crippen molar-refractivity contribution >= 4 is 40.9 Å². The molecule has 23 heavy (non-hydrogen) atoms. The number of halogens is 1. The summed E-state index contributed by atoms with van der Waals surface area (Å²) in [5, 5.41) is 0.997. The Kier molecular flexibility index (Phi) is 6.05. The maximum atomic E-state index is 12.2. The molecule has 126 valence electrons. The Balaban J connectivity index is 2.24. The third-order valence-corrected chi connectivity index (χ3v) is 5.76. The Morgan fingerprint density at radius 1 is 1.26 bits per heavy atom. The Morgan fingerprint density at radius 2 is 2.00 bits per heavy atom. The highest BCUT2D eigenvalue weighted by atomic mass is 79.9. The number of hydrogen-bond acceptors (Lipinski definition) is 3. The molecule has 1 heterocycles. The molecule has 0 unspecified atom stereocenters. The van der Waals surface area contributed by atoms with Crippen molar-refractivity contribution in [3.05, 3.63) is 34.4 Å². The number of benzene rings is 1. The van der Waals surface area contributed by atoms with Crippen molar-refractivity contribution in [1.82, 2.24) is 4.57 Å². The van der Waals surface area contributed by atoms with Crippen LogP contribution in [0.1, 0.15) is 17.4 Å². The molecule has 0 amide bonds. The lowest BCUT2D eigenvalue weighted by atomic mass is 10.2. The van der Waals surface area contributed by atoms with Gasteiger partial charge in [0.2, 0.25) is 0 Å². The average Bonchev–Trinajstić information content (AvgIpc) is 2.80. The second-order valence-corrected chi connectivity index (χ2v) is 13.3. The zero-order chi connectivity index (χ0) is 17.0. The SMILES string of the molecule is CCOC(=O)c1cc2cc(Br)ccc2n1COCC[Si](C)(C)C. The number of carbonyl (C=O) groups is 1. The molecule has 0 aliphatic carbocycles. The number of nitrogens with zero attached hydrogens (tertiary/aromatic N) is 1. The smallest absolute Gasteiger partial charge is 0.355 e. The molecule has 0 bridgehead atoms. The topological polar surface area (TPSA) is 40.5 Å². The van der Waals surface area contributed by atoms with Gasteiger partial charge in [0.05, 0.1) is 12.1 Å². The van der Waals surface area contributed by atoms with Crippen LogP contribution in [-0.4, -0.2) is 31.8 Å². The molecule has 0 atom stereocenters. The van der Waals surface area contributed by atoms with E-state index in [1.807, 2.05) is 35.8 Å². The average molecular weight is 398 g/mol. The third kappa shape index (κ3) is 4.93. The monoisotopic (exact) mass is 397 g/mol. The molecule has 0 saturated carbocycles. The minimum Gasteiger partial charge on any atom is -0.461 e. The first-order chi connectivity index (χ1) is 10.8. The van der Waals surface area contributed by atoms with Crippen LogP contribution in [0.2, 0.25) is 25.7 Å². The number of aromatic nitrogens is 1. The predicted molar refractivity (Wildman–Crippen MR) is 99.7 cm³/mol. The second kappa shape index (κ2) is 7.64. The van der Waals surface area contributed by atoms with E-state index in [1.165, 1.54) is 0 Å². The van der Waals surface area contributed by atoms with Crippen LogP contribution < -0.4 is 0 Å². The van der Waals surface area contributed by atoms with Gasteiger partial charge in [-0.1, -0.05) is 35.6 Å². The van der Waals surface area contributed by atoms with Gasteiger partial charge < -0.3 is 14.0 Å². The third-order valence-electron chi connectivity index (χ3n) is 3.56. The minimum absolute atomic E-state index is 0.311. The summed E-state index contributed by atoms with van der Waals surface area (Å²) in [7, 11) is -1.12. The molecule has 0 aliphatic heterocycles. The van der Waals surface area contributed by atoms with Crippen molar-refractivity contribution in [2.24, 2.45) is 0 Å². The molecular formula is C17H24BrNO3Si. The predicted octanol–water partition coefficient (Wildman–Crippen LogP) is 4.89. The summed E-state index contributed by atoms with van der Waals surface area (Å²) in [6.45, 7) is 10.2. The highest BCUT2D eigenvalue weighted by Crippen LogP contribution is 2.24. The Bertz CT molecular complexity index is 691. The molecule has 4 nitrogen and oxygen atoms in total. The number of ether oxygens (including phenoxy) is 2. The van der Waals surface area contributed by atoms with Gasteiger partial charge in [0.15, 0.2) is 0 Å². The van der Waals surface area contributed by atoms with E-state index >= 15 is 0 Å². The summed E-state index contributed by atoms with van der Waals surface area (Å²) in [6.07, 6.45) is 0. The largest absolute Gasteiger partial charge is 0.461 e. The van der Waals surface area contributed by atoms with E-state index in [9.17, 15) is 4.79 Å². The van der Waals surface area contributed by atoms with Crippen molar-refractivity contribution in [3.8, 4) is 0 Å². The van der Waals surface area contributed by atoms with Gasteiger partial charge in [-0.2, -0.15) is 0 Å². The fourth-order valence-electron chi connectivity index (χ4n) is 2.29. The highest BCUT2D eigenvalue weighted by Gasteiger charge is 2.17. The van der Waals surface area contributed by atoms with Crippen LogP contribution in [0.5, 0.6) is 0 Å². The van der Waals surface area contributed by atoms with Crippen molar-refractivity contribution in [1.29, 1.82) is 0 Å². The van der Waals surface area contributed by atoms with Crippen LogP contribution >= 0.6 is 15.9 Å². The Labute approximate surface area is 146 Å². The molecule has 0 radical (unpaired) electrons. The van der Waals surface area contributed by atoms with Crippen molar-refractivity contribution in [2.75, 3.05) is 13.2 Å². The lowest BCUT2D eigenvalue weighted by Gasteiger charge is -2.16. The summed E-state index contributed by atoms with van der Waals surface area (Å²) in [4.78, 5) is 12.2. The Morgan fingerprint density at radius 3 is 2.65 bits per heavy atom. The first-order valence-corrected chi connectivity index (χ1v) is 12.4. The summed E-state index contributed by atoms with van der Waals surface area (Å²) in [5.41, 5.74) is 1.51. The molecule has 1 aromatic carbocycles. The van der Waals surface area contributed by atoms with Crippen LogP contribution in [0, 0.1) is 0 Å². The Hall–Kier alpha value is -1.11. The molecule has 6 heteroatoms. The van der Waals surface area contributed by atoms with Crippen LogP contribution in [0.15, 0.2) is 28.7 Å². The number of fused-ring (bicyclic) bond motifs is 1. The number of rotatable bonds is 7.